The normalized spacial score (nSPS) is 11.4. The van der Waals surface area contributed by atoms with Gasteiger partial charge in [0.05, 0.1) is 6.61 Å². The first kappa shape index (κ1) is 16.8. The first-order valence-electron chi connectivity index (χ1n) is 6.81. The first-order chi connectivity index (χ1) is 9.81. The quantitative estimate of drug-likeness (QED) is 0.818. The average Bonchev–Trinajstić information content (AvgIpc) is 2.81. The molecule has 1 rings (SSSR count). The van der Waals surface area contributed by atoms with Crippen molar-refractivity contribution in [1.82, 2.24) is 10.3 Å². The Balaban J connectivity index is 2.41. The van der Waals surface area contributed by atoms with Gasteiger partial charge in [0.2, 0.25) is 0 Å². The molecule has 6 heteroatoms. The van der Waals surface area contributed by atoms with Gasteiger partial charge in [-0.3, -0.25) is 0 Å². The van der Waals surface area contributed by atoms with Gasteiger partial charge in [0.15, 0.2) is 0 Å². The minimum Gasteiger partial charge on any atom is -0.461 e. The van der Waals surface area contributed by atoms with Crippen LogP contribution in [-0.4, -0.2) is 35.8 Å². The summed E-state index contributed by atoms with van der Waals surface area (Å²) in [4.78, 5) is 25.8. The maximum atomic E-state index is 11.5. The molecule has 2 N–H and O–H groups in total. The molecular weight excluding hydrogens is 272 g/mol. The summed E-state index contributed by atoms with van der Waals surface area (Å²) in [5.41, 5.74) is 0.641. The SMILES string of the molecule is CCOC(=O)c1ccc(C=CCNC(=O)OC(C)(C)C)[nH]1. The third-order valence-corrected chi connectivity index (χ3v) is 2.26. The van der Waals surface area contributed by atoms with E-state index in [9.17, 15) is 9.59 Å². The maximum Gasteiger partial charge on any atom is 0.407 e. The van der Waals surface area contributed by atoms with E-state index in [1.165, 1.54) is 0 Å². The summed E-state index contributed by atoms with van der Waals surface area (Å²) in [6.07, 6.45) is 3.05. The van der Waals surface area contributed by atoms with Gasteiger partial charge in [-0.1, -0.05) is 6.08 Å². The van der Waals surface area contributed by atoms with Crippen molar-refractivity contribution < 1.29 is 19.1 Å². The van der Waals surface area contributed by atoms with E-state index in [-0.39, 0.29) is 5.97 Å². The molecule has 1 aromatic heterocycles. The summed E-state index contributed by atoms with van der Waals surface area (Å²) in [6, 6.07) is 3.41. The Morgan fingerprint density at radius 2 is 2.05 bits per heavy atom. The molecule has 1 amide bonds. The fourth-order valence-corrected chi connectivity index (χ4v) is 1.48. The summed E-state index contributed by atoms with van der Waals surface area (Å²) in [7, 11) is 0. The summed E-state index contributed by atoms with van der Waals surface area (Å²) in [5, 5.41) is 2.61. The number of amides is 1. The van der Waals surface area contributed by atoms with Crippen LogP contribution in [0.15, 0.2) is 18.2 Å². The van der Waals surface area contributed by atoms with E-state index in [0.29, 0.717) is 18.8 Å². The number of esters is 1. The van der Waals surface area contributed by atoms with Crippen LogP contribution in [0.5, 0.6) is 0 Å². The Kier molecular flexibility index (Phi) is 6.02. The summed E-state index contributed by atoms with van der Waals surface area (Å²) >= 11 is 0. The van der Waals surface area contributed by atoms with Crippen molar-refractivity contribution in [2.45, 2.75) is 33.3 Å². The second kappa shape index (κ2) is 7.52. The molecule has 0 radical (unpaired) electrons. The van der Waals surface area contributed by atoms with E-state index in [4.69, 9.17) is 9.47 Å². The van der Waals surface area contributed by atoms with Gasteiger partial charge in [0.25, 0.3) is 0 Å². The van der Waals surface area contributed by atoms with Crippen LogP contribution < -0.4 is 5.32 Å². The minimum atomic E-state index is -0.512. The highest BCUT2D eigenvalue weighted by molar-refractivity contribution is 5.87. The van der Waals surface area contributed by atoms with Crippen LogP contribution in [0.25, 0.3) is 6.08 Å². The second-order valence-corrected chi connectivity index (χ2v) is 5.33. The van der Waals surface area contributed by atoms with Crippen LogP contribution in [0.1, 0.15) is 43.9 Å². The molecule has 0 saturated heterocycles. The van der Waals surface area contributed by atoms with Crippen molar-refractivity contribution in [1.29, 1.82) is 0 Å². The Hall–Kier alpha value is -2.24. The number of carbonyl (C=O) groups excluding carboxylic acids is 2. The van der Waals surface area contributed by atoms with E-state index in [2.05, 4.69) is 10.3 Å². The number of hydrogen-bond donors (Lipinski definition) is 2. The third-order valence-electron chi connectivity index (χ3n) is 2.26. The largest absolute Gasteiger partial charge is 0.461 e. The number of aromatic amines is 1. The monoisotopic (exact) mass is 294 g/mol. The number of rotatable bonds is 5. The Bertz CT molecular complexity index is 512. The smallest absolute Gasteiger partial charge is 0.407 e. The predicted octanol–water partition coefficient (Wildman–Crippen LogP) is 2.73. The number of carbonyl (C=O) groups is 2. The molecule has 0 saturated carbocycles. The van der Waals surface area contributed by atoms with E-state index in [1.54, 1.807) is 52.0 Å². The minimum absolute atomic E-state index is 0.336. The molecule has 0 aliphatic carbocycles. The zero-order valence-corrected chi connectivity index (χ0v) is 12.9. The predicted molar refractivity (Wildman–Crippen MR) is 80.0 cm³/mol. The van der Waals surface area contributed by atoms with Crippen molar-refractivity contribution in [3.05, 3.63) is 29.6 Å². The van der Waals surface area contributed by atoms with Gasteiger partial charge >= 0.3 is 12.1 Å². The molecular formula is C15H22N2O4. The Morgan fingerprint density at radius 3 is 2.67 bits per heavy atom. The molecule has 116 valence electrons. The van der Waals surface area contributed by atoms with Gasteiger partial charge < -0.3 is 19.8 Å². The number of alkyl carbamates (subject to hydrolysis) is 1. The molecule has 1 heterocycles. The van der Waals surface area contributed by atoms with Gasteiger partial charge in [-0.05, 0) is 45.9 Å². The van der Waals surface area contributed by atoms with Crippen molar-refractivity contribution in [2.24, 2.45) is 0 Å². The topological polar surface area (TPSA) is 80.4 Å². The number of nitrogens with one attached hydrogen (secondary N) is 2. The standard InChI is InChI=1S/C15H22N2O4/c1-5-20-13(18)12-9-8-11(17-12)7-6-10-16-14(19)21-15(2,3)4/h6-9,17H,5,10H2,1-4H3,(H,16,19). The van der Waals surface area contributed by atoms with Crippen molar-refractivity contribution in [3.8, 4) is 0 Å². The molecule has 21 heavy (non-hydrogen) atoms. The van der Waals surface area contributed by atoms with E-state index in [1.807, 2.05) is 0 Å². The average molecular weight is 294 g/mol. The second-order valence-electron chi connectivity index (χ2n) is 5.33. The molecule has 0 bridgehead atoms. The highest BCUT2D eigenvalue weighted by Gasteiger charge is 2.15. The lowest BCUT2D eigenvalue weighted by Crippen LogP contribution is -2.32. The molecule has 0 unspecified atom stereocenters. The molecule has 1 aromatic rings. The Labute approximate surface area is 124 Å². The molecule has 6 nitrogen and oxygen atoms in total. The van der Waals surface area contributed by atoms with Gasteiger partial charge in [-0.2, -0.15) is 0 Å². The van der Waals surface area contributed by atoms with Crippen molar-refractivity contribution >= 4 is 18.1 Å². The van der Waals surface area contributed by atoms with Crippen LogP contribution in [-0.2, 0) is 9.47 Å². The zero-order valence-electron chi connectivity index (χ0n) is 12.9. The van der Waals surface area contributed by atoms with Gasteiger partial charge in [0, 0.05) is 12.2 Å². The van der Waals surface area contributed by atoms with Gasteiger partial charge in [0.1, 0.15) is 11.3 Å². The first-order valence-corrected chi connectivity index (χ1v) is 6.81. The van der Waals surface area contributed by atoms with Crippen LogP contribution in [0.4, 0.5) is 4.79 Å². The van der Waals surface area contributed by atoms with Crippen LogP contribution in [0.3, 0.4) is 0 Å². The zero-order chi connectivity index (χ0) is 15.9. The number of ether oxygens (including phenoxy) is 2. The van der Waals surface area contributed by atoms with Crippen molar-refractivity contribution in [2.75, 3.05) is 13.2 Å². The number of aromatic nitrogens is 1. The van der Waals surface area contributed by atoms with E-state index < -0.39 is 11.7 Å². The number of H-pyrrole nitrogens is 1. The van der Waals surface area contributed by atoms with Gasteiger partial charge in [-0.25, -0.2) is 9.59 Å². The van der Waals surface area contributed by atoms with Crippen LogP contribution in [0.2, 0.25) is 0 Å². The summed E-state index contributed by atoms with van der Waals surface area (Å²) in [5.74, 6) is -0.385. The highest BCUT2D eigenvalue weighted by atomic mass is 16.6. The molecule has 0 aliphatic rings. The highest BCUT2D eigenvalue weighted by Crippen LogP contribution is 2.07. The fourth-order valence-electron chi connectivity index (χ4n) is 1.48. The Morgan fingerprint density at radius 1 is 1.33 bits per heavy atom. The lowest BCUT2D eigenvalue weighted by molar-refractivity contribution is 0.0515. The van der Waals surface area contributed by atoms with Crippen LogP contribution >= 0.6 is 0 Å². The lowest BCUT2D eigenvalue weighted by atomic mass is 10.2. The molecule has 0 atom stereocenters. The summed E-state index contributed by atoms with van der Waals surface area (Å²) in [6.45, 7) is 7.84. The lowest BCUT2D eigenvalue weighted by Gasteiger charge is -2.19. The fraction of sp³-hybridized carbons (Fsp3) is 0.467. The molecule has 0 aromatic carbocycles. The van der Waals surface area contributed by atoms with Crippen molar-refractivity contribution in [3.63, 3.8) is 0 Å². The van der Waals surface area contributed by atoms with E-state index >= 15 is 0 Å². The van der Waals surface area contributed by atoms with Gasteiger partial charge in [-0.15, -0.1) is 0 Å². The maximum absolute atomic E-state index is 11.5. The molecule has 0 spiro atoms. The van der Waals surface area contributed by atoms with E-state index in [0.717, 1.165) is 5.69 Å². The third kappa shape index (κ3) is 6.65. The molecule has 0 fully saturated rings. The summed E-state index contributed by atoms with van der Waals surface area (Å²) < 4.78 is 9.98. The van der Waals surface area contributed by atoms with Crippen LogP contribution in [0, 0.1) is 0 Å². The number of hydrogen-bond acceptors (Lipinski definition) is 4. The molecule has 0 aliphatic heterocycles.